The van der Waals surface area contributed by atoms with E-state index in [1.54, 1.807) is 12.1 Å². The molecule has 1 N–H and O–H groups in total. The Balaban J connectivity index is 1.82. The van der Waals surface area contributed by atoms with Crippen molar-refractivity contribution in [3.63, 3.8) is 0 Å². The van der Waals surface area contributed by atoms with Crippen LogP contribution >= 0.6 is 0 Å². The fraction of sp³-hybridized carbons (Fsp3) is 0.300. The molecular formula is C20H20FN. The first-order chi connectivity index (χ1) is 10.6. The molecule has 1 aliphatic carbocycles. The van der Waals surface area contributed by atoms with Crippen molar-refractivity contribution in [3.8, 4) is 0 Å². The van der Waals surface area contributed by atoms with Crippen LogP contribution in [0.1, 0.15) is 40.6 Å². The van der Waals surface area contributed by atoms with Gasteiger partial charge in [-0.15, -0.1) is 0 Å². The monoisotopic (exact) mass is 293 g/mol. The van der Waals surface area contributed by atoms with Crippen molar-refractivity contribution in [1.29, 1.82) is 0 Å². The van der Waals surface area contributed by atoms with E-state index in [2.05, 4.69) is 43.4 Å². The van der Waals surface area contributed by atoms with Gasteiger partial charge >= 0.3 is 0 Å². The van der Waals surface area contributed by atoms with Crippen LogP contribution in [-0.4, -0.2) is 0 Å². The molecule has 0 bridgehead atoms. The molecule has 0 fully saturated rings. The Labute approximate surface area is 130 Å². The quantitative estimate of drug-likeness (QED) is 0.706. The Morgan fingerprint density at radius 1 is 1.05 bits per heavy atom. The smallest absolute Gasteiger partial charge is 0.123 e. The molecule has 4 rings (SSSR count). The number of benzene rings is 2. The number of fused-ring (bicyclic) bond motifs is 3. The Morgan fingerprint density at radius 2 is 1.82 bits per heavy atom. The fourth-order valence-corrected chi connectivity index (χ4v) is 3.92. The third kappa shape index (κ3) is 1.98. The van der Waals surface area contributed by atoms with E-state index in [0.29, 0.717) is 11.8 Å². The predicted octanol–water partition coefficient (Wildman–Crippen LogP) is 5.27. The molecule has 0 radical (unpaired) electrons. The Bertz CT molecular complexity index is 745. The fourth-order valence-electron chi connectivity index (χ4n) is 3.92. The van der Waals surface area contributed by atoms with E-state index >= 15 is 0 Å². The van der Waals surface area contributed by atoms with Crippen LogP contribution in [-0.2, 0) is 0 Å². The van der Waals surface area contributed by atoms with E-state index in [0.717, 1.165) is 6.42 Å². The van der Waals surface area contributed by atoms with E-state index in [1.165, 1.54) is 27.9 Å². The summed E-state index contributed by atoms with van der Waals surface area (Å²) in [6, 6.07) is 11.7. The van der Waals surface area contributed by atoms with Gasteiger partial charge in [0.05, 0.1) is 6.04 Å². The number of hydrogen-bond donors (Lipinski definition) is 1. The maximum absolute atomic E-state index is 13.2. The van der Waals surface area contributed by atoms with Crippen LogP contribution in [0, 0.1) is 25.6 Å². The molecule has 22 heavy (non-hydrogen) atoms. The second kappa shape index (κ2) is 4.98. The minimum atomic E-state index is -0.173. The van der Waals surface area contributed by atoms with Gasteiger partial charge in [0.25, 0.3) is 0 Å². The highest BCUT2D eigenvalue weighted by Crippen LogP contribution is 2.50. The summed E-state index contributed by atoms with van der Waals surface area (Å²) in [7, 11) is 0. The summed E-state index contributed by atoms with van der Waals surface area (Å²) in [6.07, 6.45) is 5.71. The predicted molar refractivity (Wildman–Crippen MR) is 88.7 cm³/mol. The van der Waals surface area contributed by atoms with Crippen molar-refractivity contribution in [1.82, 2.24) is 0 Å². The van der Waals surface area contributed by atoms with Gasteiger partial charge in [0.1, 0.15) is 5.82 Å². The van der Waals surface area contributed by atoms with Gasteiger partial charge in [0, 0.05) is 11.6 Å². The van der Waals surface area contributed by atoms with E-state index in [4.69, 9.17) is 0 Å². The summed E-state index contributed by atoms with van der Waals surface area (Å²) in [5, 5.41) is 3.75. The lowest BCUT2D eigenvalue weighted by Crippen LogP contribution is -2.29. The van der Waals surface area contributed by atoms with Gasteiger partial charge in [0.15, 0.2) is 0 Å². The van der Waals surface area contributed by atoms with Crippen LogP contribution in [0.4, 0.5) is 10.1 Å². The van der Waals surface area contributed by atoms with E-state index in [1.807, 2.05) is 12.1 Å². The molecule has 2 aromatic rings. The zero-order chi connectivity index (χ0) is 15.3. The van der Waals surface area contributed by atoms with Crippen LogP contribution in [0.25, 0.3) is 0 Å². The summed E-state index contributed by atoms with van der Waals surface area (Å²) in [5.74, 6) is 0.804. The lowest BCUT2D eigenvalue weighted by molar-refractivity contribution is 0.424. The van der Waals surface area contributed by atoms with E-state index in [-0.39, 0.29) is 11.9 Å². The van der Waals surface area contributed by atoms with Gasteiger partial charge in [0.2, 0.25) is 0 Å². The lowest BCUT2D eigenvalue weighted by atomic mass is 9.76. The summed E-state index contributed by atoms with van der Waals surface area (Å²) < 4.78 is 13.2. The number of rotatable bonds is 1. The zero-order valence-corrected chi connectivity index (χ0v) is 12.9. The van der Waals surface area contributed by atoms with Gasteiger partial charge in [-0.3, -0.25) is 0 Å². The standard InChI is InChI=1S/C20H20FN/c1-12-6-11-18-16-4-3-5-17(16)20(22-19(18)13(12)2)14-7-9-15(21)10-8-14/h3-4,6-11,16-17,20,22H,5H2,1-2H3/t16-,17-,20+/m0/s1. The average Bonchev–Trinajstić information content (AvgIpc) is 3.01. The maximum atomic E-state index is 13.2. The Morgan fingerprint density at radius 3 is 2.59 bits per heavy atom. The maximum Gasteiger partial charge on any atom is 0.123 e. The number of anilines is 1. The second-order valence-electron chi connectivity index (χ2n) is 6.50. The SMILES string of the molecule is Cc1ccc2c(c1C)N[C@H](c1ccc(F)cc1)[C@H]1CC=C[C@H]21. The number of allylic oxidation sites excluding steroid dienone is 2. The largest absolute Gasteiger partial charge is 0.377 e. The zero-order valence-electron chi connectivity index (χ0n) is 12.9. The lowest BCUT2D eigenvalue weighted by Gasteiger charge is -2.38. The average molecular weight is 293 g/mol. The summed E-state index contributed by atoms with van der Waals surface area (Å²) in [5.41, 5.74) is 6.47. The molecule has 0 saturated carbocycles. The van der Waals surface area contributed by atoms with Crippen molar-refractivity contribution in [2.75, 3.05) is 5.32 Å². The van der Waals surface area contributed by atoms with Gasteiger partial charge in [-0.25, -0.2) is 4.39 Å². The first kappa shape index (κ1) is 13.6. The molecule has 0 saturated heterocycles. The molecule has 0 amide bonds. The van der Waals surface area contributed by atoms with Crippen LogP contribution in [0.15, 0.2) is 48.6 Å². The topological polar surface area (TPSA) is 12.0 Å². The highest BCUT2D eigenvalue weighted by atomic mass is 19.1. The molecular weight excluding hydrogens is 273 g/mol. The van der Waals surface area contributed by atoms with Crippen molar-refractivity contribution in [2.24, 2.45) is 5.92 Å². The van der Waals surface area contributed by atoms with Crippen LogP contribution < -0.4 is 5.32 Å². The van der Waals surface area contributed by atoms with Crippen molar-refractivity contribution in [3.05, 3.63) is 76.6 Å². The van der Waals surface area contributed by atoms with Gasteiger partial charge in [-0.1, -0.05) is 36.4 Å². The first-order valence-electron chi connectivity index (χ1n) is 7.94. The third-order valence-electron chi connectivity index (χ3n) is 5.30. The van der Waals surface area contributed by atoms with Crippen molar-refractivity contribution < 1.29 is 4.39 Å². The second-order valence-corrected chi connectivity index (χ2v) is 6.50. The highest BCUT2D eigenvalue weighted by molar-refractivity contribution is 5.65. The first-order valence-corrected chi connectivity index (χ1v) is 7.94. The normalized spacial score (nSPS) is 25.5. The van der Waals surface area contributed by atoms with Crippen LogP contribution in [0.3, 0.4) is 0 Å². The van der Waals surface area contributed by atoms with Crippen molar-refractivity contribution >= 4 is 5.69 Å². The molecule has 0 unspecified atom stereocenters. The van der Waals surface area contributed by atoms with Gasteiger partial charge < -0.3 is 5.32 Å². The molecule has 3 atom stereocenters. The molecule has 0 spiro atoms. The highest BCUT2D eigenvalue weighted by Gasteiger charge is 2.38. The number of hydrogen-bond acceptors (Lipinski definition) is 1. The molecule has 112 valence electrons. The number of nitrogens with one attached hydrogen (secondary N) is 1. The van der Waals surface area contributed by atoms with Crippen molar-refractivity contribution in [2.45, 2.75) is 32.2 Å². The third-order valence-corrected chi connectivity index (χ3v) is 5.30. The Hall–Kier alpha value is -2.09. The molecule has 1 heterocycles. The van der Waals surface area contributed by atoms with Gasteiger partial charge in [-0.2, -0.15) is 0 Å². The molecule has 2 aromatic carbocycles. The minimum Gasteiger partial charge on any atom is -0.377 e. The van der Waals surface area contributed by atoms with Gasteiger partial charge in [-0.05, 0) is 60.6 Å². The minimum absolute atomic E-state index is 0.173. The van der Waals surface area contributed by atoms with Crippen LogP contribution in [0.5, 0.6) is 0 Å². The summed E-state index contributed by atoms with van der Waals surface area (Å²) in [6.45, 7) is 4.34. The van der Waals surface area contributed by atoms with Crippen LogP contribution in [0.2, 0.25) is 0 Å². The number of halogens is 1. The molecule has 2 aliphatic rings. The molecule has 1 nitrogen and oxygen atoms in total. The Kier molecular flexibility index (Phi) is 3.07. The van der Waals surface area contributed by atoms with E-state index in [9.17, 15) is 4.39 Å². The number of aryl methyl sites for hydroxylation is 1. The molecule has 0 aromatic heterocycles. The van der Waals surface area contributed by atoms with E-state index < -0.39 is 0 Å². The summed E-state index contributed by atoms with van der Waals surface area (Å²) in [4.78, 5) is 0. The molecule has 1 aliphatic heterocycles. The molecule has 2 heteroatoms. The summed E-state index contributed by atoms with van der Waals surface area (Å²) >= 11 is 0.